The number of benzene rings is 2. The van der Waals surface area contributed by atoms with Crippen molar-refractivity contribution in [3.8, 4) is 29.4 Å². The molecule has 188 valence electrons. The molecular weight excluding hydrogens is 474 g/mol. The highest BCUT2D eigenvalue weighted by Gasteiger charge is 2.56. The van der Waals surface area contributed by atoms with Gasteiger partial charge in [0.05, 0.1) is 28.4 Å². The number of piperidine rings is 1. The molecule has 7 rings (SSSR count). The Kier molecular flexibility index (Phi) is 4.59. The standard InChI is InChI=1S/C29H26F2N4O2/c1-4-16-20(30)8-5-13-9-15(36)10-17(21(13)16)25-24(31)27-23(28(33-25)29(2,3)37)26(34-35(27)14-6-7-14)22-18-11-32-12-19(18)22/h1,5,8-10,14,18-19,22,32,36-37H,6-7,11-12H2,2-3H3. The molecule has 2 unspecified atom stereocenters. The number of aromatic hydroxyl groups is 1. The van der Waals surface area contributed by atoms with Crippen molar-refractivity contribution in [1.29, 1.82) is 0 Å². The Labute approximate surface area is 212 Å². The summed E-state index contributed by atoms with van der Waals surface area (Å²) in [5.74, 6) is 2.10. The van der Waals surface area contributed by atoms with Gasteiger partial charge in [0.2, 0.25) is 0 Å². The zero-order valence-corrected chi connectivity index (χ0v) is 20.5. The van der Waals surface area contributed by atoms with E-state index in [9.17, 15) is 14.6 Å². The number of rotatable bonds is 4. The molecule has 3 heterocycles. The van der Waals surface area contributed by atoms with Gasteiger partial charge in [0.15, 0.2) is 5.82 Å². The third kappa shape index (κ3) is 3.24. The molecule has 4 aromatic rings. The lowest BCUT2D eigenvalue weighted by Gasteiger charge is -2.21. The van der Waals surface area contributed by atoms with Gasteiger partial charge in [-0.15, -0.1) is 6.42 Å². The van der Waals surface area contributed by atoms with Crippen molar-refractivity contribution >= 4 is 21.7 Å². The van der Waals surface area contributed by atoms with Crippen molar-refractivity contribution < 1.29 is 19.0 Å². The van der Waals surface area contributed by atoms with Crippen molar-refractivity contribution in [2.75, 3.05) is 13.1 Å². The summed E-state index contributed by atoms with van der Waals surface area (Å²) >= 11 is 0. The summed E-state index contributed by atoms with van der Waals surface area (Å²) in [6.45, 7) is 5.04. The fourth-order valence-corrected chi connectivity index (χ4v) is 6.24. The fraction of sp³-hybridized carbons (Fsp3) is 0.379. The first kappa shape index (κ1) is 22.6. The summed E-state index contributed by atoms with van der Waals surface area (Å²) in [4.78, 5) is 4.70. The summed E-state index contributed by atoms with van der Waals surface area (Å²) in [5, 5.41) is 31.4. The molecule has 2 aromatic heterocycles. The molecule has 0 amide bonds. The van der Waals surface area contributed by atoms with Gasteiger partial charge in [-0.2, -0.15) is 5.10 Å². The Morgan fingerprint density at radius 1 is 1.14 bits per heavy atom. The minimum atomic E-state index is -1.41. The molecule has 1 saturated heterocycles. The number of aliphatic hydroxyl groups is 1. The molecule has 3 fully saturated rings. The Morgan fingerprint density at radius 3 is 2.51 bits per heavy atom. The van der Waals surface area contributed by atoms with Gasteiger partial charge in [0.25, 0.3) is 0 Å². The summed E-state index contributed by atoms with van der Waals surface area (Å²) in [6.07, 6.45) is 7.45. The number of phenols is 1. The topological polar surface area (TPSA) is 83.2 Å². The van der Waals surface area contributed by atoms with Crippen LogP contribution in [0.25, 0.3) is 32.9 Å². The van der Waals surface area contributed by atoms with E-state index in [1.54, 1.807) is 18.5 Å². The summed E-state index contributed by atoms with van der Waals surface area (Å²) in [5.41, 5.74) is 0.0325. The van der Waals surface area contributed by atoms with Crippen LogP contribution < -0.4 is 5.32 Å². The Hall–Kier alpha value is -3.54. The van der Waals surface area contributed by atoms with Gasteiger partial charge in [0, 0.05) is 16.9 Å². The molecule has 0 spiro atoms. The van der Waals surface area contributed by atoms with Crippen LogP contribution in [0.4, 0.5) is 8.78 Å². The average Bonchev–Trinajstić information content (AvgIpc) is 3.72. The normalized spacial score (nSPS) is 23.0. The van der Waals surface area contributed by atoms with Gasteiger partial charge in [0.1, 0.15) is 28.4 Å². The second-order valence-electron chi connectivity index (χ2n) is 11.1. The van der Waals surface area contributed by atoms with Gasteiger partial charge in [-0.3, -0.25) is 4.68 Å². The monoisotopic (exact) mass is 500 g/mol. The number of hydrogen-bond acceptors (Lipinski definition) is 5. The van der Waals surface area contributed by atoms with Crippen LogP contribution in [0, 0.1) is 35.8 Å². The highest BCUT2D eigenvalue weighted by Crippen LogP contribution is 2.58. The molecule has 8 heteroatoms. The van der Waals surface area contributed by atoms with Gasteiger partial charge >= 0.3 is 0 Å². The third-order valence-electron chi connectivity index (χ3n) is 8.14. The lowest BCUT2D eigenvalue weighted by atomic mass is 9.93. The van der Waals surface area contributed by atoms with E-state index in [0.717, 1.165) is 31.6 Å². The molecule has 3 aliphatic rings. The number of phenolic OH excluding ortho intramolecular Hbond substituents is 1. The minimum Gasteiger partial charge on any atom is -0.508 e. The molecule has 2 aromatic carbocycles. The van der Waals surface area contributed by atoms with E-state index in [1.165, 1.54) is 24.3 Å². The Bertz CT molecular complexity index is 1670. The van der Waals surface area contributed by atoms with Crippen molar-refractivity contribution in [2.45, 2.75) is 44.2 Å². The van der Waals surface area contributed by atoms with Crippen molar-refractivity contribution in [3.63, 3.8) is 0 Å². The van der Waals surface area contributed by atoms with Gasteiger partial charge < -0.3 is 15.5 Å². The van der Waals surface area contributed by atoms with E-state index in [-0.39, 0.29) is 39.9 Å². The van der Waals surface area contributed by atoms with E-state index in [2.05, 4.69) is 11.2 Å². The number of aromatic nitrogens is 3. The smallest absolute Gasteiger partial charge is 0.175 e. The van der Waals surface area contributed by atoms with E-state index >= 15 is 4.39 Å². The maximum absolute atomic E-state index is 16.7. The Balaban J connectivity index is 1.59. The van der Waals surface area contributed by atoms with Crippen LogP contribution in [0.2, 0.25) is 0 Å². The summed E-state index contributed by atoms with van der Waals surface area (Å²) in [6, 6.07) is 5.61. The second kappa shape index (κ2) is 7.50. The van der Waals surface area contributed by atoms with E-state index in [0.29, 0.717) is 33.8 Å². The van der Waals surface area contributed by atoms with Crippen LogP contribution in [0.3, 0.4) is 0 Å². The van der Waals surface area contributed by atoms with Crippen LogP contribution in [0.1, 0.15) is 55.6 Å². The maximum atomic E-state index is 16.7. The highest BCUT2D eigenvalue weighted by atomic mass is 19.1. The number of hydrogen-bond donors (Lipinski definition) is 3. The molecule has 3 N–H and O–H groups in total. The second-order valence-corrected chi connectivity index (χ2v) is 11.1. The molecule has 2 saturated carbocycles. The molecule has 0 bridgehead atoms. The lowest BCUT2D eigenvalue weighted by molar-refractivity contribution is 0.0756. The first-order chi connectivity index (χ1) is 17.7. The predicted molar refractivity (Wildman–Crippen MR) is 136 cm³/mol. The molecule has 6 nitrogen and oxygen atoms in total. The maximum Gasteiger partial charge on any atom is 0.175 e. The van der Waals surface area contributed by atoms with E-state index in [4.69, 9.17) is 16.5 Å². The zero-order valence-electron chi connectivity index (χ0n) is 20.5. The molecule has 2 atom stereocenters. The van der Waals surface area contributed by atoms with Crippen LogP contribution in [-0.4, -0.2) is 38.1 Å². The van der Waals surface area contributed by atoms with Crippen LogP contribution in [0.15, 0.2) is 24.3 Å². The fourth-order valence-electron chi connectivity index (χ4n) is 6.24. The molecule has 2 aliphatic carbocycles. The third-order valence-corrected chi connectivity index (χ3v) is 8.14. The average molecular weight is 501 g/mol. The van der Waals surface area contributed by atoms with Crippen LogP contribution in [-0.2, 0) is 5.60 Å². The number of halogens is 2. The minimum absolute atomic E-state index is 0.0340. The first-order valence-electron chi connectivity index (χ1n) is 12.7. The largest absolute Gasteiger partial charge is 0.508 e. The van der Waals surface area contributed by atoms with Crippen LogP contribution in [0.5, 0.6) is 5.75 Å². The first-order valence-corrected chi connectivity index (χ1v) is 12.7. The summed E-state index contributed by atoms with van der Waals surface area (Å²) < 4.78 is 33.2. The SMILES string of the molecule is C#Cc1c(F)ccc2cc(O)cc(-c3nc(C(C)(C)O)c4c(C5C6CNCC65)nn(C5CC5)c4c3F)c12. The lowest BCUT2D eigenvalue weighted by Crippen LogP contribution is -2.20. The molecule has 0 radical (unpaired) electrons. The van der Waals surface area contributed by atoms with Crippen LogP contribution >= 0.6 is 0 Å². The number of terminal acetylenes is 1. The van der Waals surface area contributed by atoms with Crippen molar-refractivity contribution in [3.05, 3.63) is 52.9 Å². The zero-order chi connectivity index (χ0) is 25.8. The molecule has 1 aliphatic heterocycles. The predicted octanol–water partition coefficient (Wildman–Crippen LogP) is 4.71. The number of pyridine rings is 1. The van der Waals surface area contributed by atoms with Gasteiger partial charge in [-0.1, -0.05) is 12.0 Å². The number of nitrogens with one attached hydrogen (secondary N) is 1. The van der Waals surface area contributed by atoms with Gasteiger partial charge in [-0.05, 0) is 75.2 Å². The van der Waals surface area contributed by atoms with Crippen molar-refractivity contribution in [2.24, 2.45) is 11.8 Å². The highest BCUT2D eigenvalue weighted by molar-refractivity contribution is 6.03. The van der Waals surface area contributed by atoms with Crippen molar-refractivity contribution in [1.82, 2.24) is 20.1 Å². The Morgan fingerprint density at radius 2 is 1.86 bits per heavy atom. The molecular formula is C29H26F2N4O2. The number of fused-ring (bicyclic) bond motifs is 3. The van der Waals surface area contributed by atoms with Gasteiger partial charge in [-0.25, -0.2) is 13.8 Å². The quantitative estimate of drug-likeness (QED) is 0.354. The number of nitrogens with zero attached hydrogens (tertiary/aromatic N) is 3. The van der Waals surface area contributed by atoms with E-state index < -0.39 is 17.2 Å². The van der Waals surface area contributed by atoms with E-state index in [1.807, 2.05) is 0 Å². The molecule has 37 heavy (non-hydrogen) atoms. The summed E-state index contributed by atoms with van der Waals surface area (Å²) in [7, 11) is 0.